The lowest BCUT2D eigenvalue weighted by atomic mass is 9.85. The number of carbonyl (C=O) groups excluding carboxylic acids is 2. The smallest absolute Gasteiger partial charge is 0.326 e. The van der Waals surface area contributed by atoms with Gasteiger partial charge in [0.1, 0.15) is 12.1 Å². The molecule has 3 atom stereocenters. The number of nitrogens with two attached hydrogens (primary N) is 3. The van der Waals surface area contributed by atoms with Crippen LogP contribution in [0.1, 0.15) is 39.2 Å². The van der Waals surface area contributed by atoms with E-state index >= 15 is 0 Å². The van der Waals surface area contributed by atoms with Crippen LogP contribution in [0.25, 0.3) is 0 Å². The maximum atomic E-state index is 12.9. The highest BCUT2D eigenvalue weighted by atomic mass is 16.4. The average molecular weight is 435 g/mol. The number of carboxylic acids is 1. The van der Waals surface area contributed by atoms with Crippen LogP contribution in [0.2, 0.25) is 0 Å². The molecule has 2 amide bonds. The van der Waals surface area contributed by atoms with Crippen LogP contribution in [0.4, 0.5) is 0 Å². The Morgan fingerprint density at radius 1 is 1.06 bits per heavy atom. The van der Waals surface area contributed by atoms with Crippen molar-refractivity contribution in [3.05, 3.63) is 35.9 Å². The Morgan fingerprint density at radius 2 is 1.68 bits per heavy atom. The zero-order valence-corrected chi connectivity index (χ0v) is 18.3. The van der Waals surface area contributed by atoms with Crippen molar-refractivity contribution in [2.45, 2.75) is 58.2 Å². The van der Waals surface area contributed by atoms with Gasteiger partial charge in [0.05, 0.1) is 6.04 Å². The maximum Gasteiger partial charge on any atom is 0.326 e. The largest absolute Gasteiger partial charge is 0.480 e. The molecule has 0 fully saturated rings. The number of carboxylic acid groups (broad SMARTS) is 1. The van der Waals surface area contributed by atoms with Crippen molar-refractivity contribution < 1.29 is 19.5 Å². The normalized spacial score (nSPS) is 14.1. The highest BCUT2D eigenvalue weighted by Gasteiger charge is 2.35. The summed E-state index contributed by atoms with van der Waals surface area (Å²) in [6.45, 7) is 5.66. The third-order valence-corrected chi connectivity index (χ3v) is 4.62. The summed E-state index contributed by atoms with van der Waals surface area (Å²) in [6, 6.07) is 6.02. The van der Waals surface area contributed by atoms with E-state index < -0.39 is 41.3 Å². The van der Waals surface area contributed by atoms with Gasteiger partial charge in [-0.1, -0.05) is 51.1 Å². The molecule has 172 valence electrons. The molecule has 0 aliphatic carbocycles. The lowest BCUT2D eigenvalue weighted by Gasteiger charge is -2.32. The molecule has 0 unspecified atom stereocenters. The number of benzene rings is 1. The van der Waals surface area contributed by atoms with Crippen molar-refractivity contribution >= 4 is 23.7 Å². The molecular weight excluding hydrogens is 400 g/mol. The van der Waals surface area contributed by atoms with Crippen molar-refractivity contribution in [3.8, 4) is 0 Å². The molecule has 0 bridgehead atoms. The van der Waals surface area contributed by atoms with Gasteiger partial charge in [0.2, 0.25) is 11.8 Å². The zero-order chi connectivity index (χ0) is 23.6. The maximum absolute atomic E-state index is 12.9. The van der Waals surface area contributed by atoms with E-state index in [2.05, 4.69) is 15.6 Å². The summed E-state index contributed by atoms with van der Waals surface area (Å²) in [6.07, 6.45) is 0.945. The first kappa shape index (κ1) is 25.9. The van der Waals surface area contributed by atoms with Crippen molar-refractivity contribution in [2.75, 3.05) is 6.54 Å². The molecule has 0 heterocycles. The summed E-state index contributed by atoms with van der Waals surface area (Å²) in [5, 5.41) is 14.7. The molecule has 10 heteroatoms. The van der Waals surface area contributed by atoms with Gasteiger partial charge in [-0.3, -0.25) is 14.6 Å². The number of nitrogens with one attached hydrogen (secondary N) is 2. The highest BCUT2D eigenvalue weighted by molar-refractivity contribution is 5.92. The van der Waals surface area contributed by atoms with Crippen LogP contribution in [0.5, 0.6) is 0 Å². The topological polar surface area (TPSA) is 186 Å². The first-order chi connectivity index (χ1) is 14.4. The van der Waals surface area contributed by atoms with Gasteiger partial charge >= 0.3 is 5.97 Å². The van der Waals surface area contributed by atoms with Crippen molar-refractivity contribution in [1.82, 2.24) is 10.6 Å². The number of aliphatic carboxylic acids is 1. The predicted octanol–water partition coefficient (Wildman–Crippen LogP) is -0.290. The minimum absolute atomic E-state index is 0.0361. The monoisotopic (exact) mass is 434 g/mol. The third kappa shape index (κ3) is 9.47. The summed E-state index contributed by atoms with van der Waals surface area (Å²) in [7, 11) is 0. The Labute approximate surface area is 182 Å². The van der Waals surface area contributed by atoms with Crippen LogP contribution in [-0.2, 0) is 20.8 Å². The van der Waals surface area contributed by atoms with Gasteiger partial charge < -0.3 is 32.9 Å². The van der Waals surface area contributed by atoms with E-state index in [1.165, 1.54) is 0 Å². The van der Waals surface area contributed by atoms with Crippen LogP contribution < -0.4 is 27.8 Å². The van der Waals surface area contributed by atoms with Gasteiger partial charge in [-0.2, -0.15) is 0 Å². The molecule has 9 N–H and O–H groups in total. The van der Waals surface area contributed by atoms with E-state index in [4.69, 9.17) is 17.2 Å². The second-order valence-electron chi connectivity index (χ2n) is 8.45. The van der Waals surface area contributed by atoms with Crippen molar-refractivity contribution in [2.24, 2.45) is 27.6 Å². The molecule has 0 aromatic heterocycles. The Balaban J connectivity index is 2.80. The average Bonchev–Trinajstić information content (AvgIpc) is 2.68. The Kier molecular flexibility index (Phi) is 9.94. The van der Waals surface area contributed by atoms with Gasteiger partial charge in [0, 0.05) is 13.0 Å². The molecule has 31 heavy (non-hydrogen) atoms. The molecule has 10 nitrogen and oxygen atoms in total. The lowest BCUT2D eigenvalue weighted by Crippen LogP contribution is -2.59. The van der Waals surface area contributed by atoms with Crippen molar-refractivity contribution in [1.29, 1.82) is 0 Å². The zero-order valence-electron chi connectivity index (χ0n) is 18.3. The summed E-state index contributed by atoms with van der Waals surface area (Å²) >= 11 is 0. The minimum atomic E-state index is -1.16. The fraction of sp³-hybridized carbons (Fsp3) is 0.524. The molecule has 0 aliphatic rings. The van der Waals surface area contributed by atoms with E-state index in [9.17, 15) is 19.5 Å². The lowest BCUT2D eigenvalue weighted by molar-refractivity contribution is -0.142. The number of hydrogen-bond donors (Lipinski definition) is 6. The Morgan fingerprint density at radius 3 is 2.19 bits per heavy atom. The highest BCUT2D eigenvalue weighted by Crippen LogP contribution is 2.20. The van der Waals surface area contributed by atoms with E-state index in [0.29, 0.717) is 19.4 Å². The first-order valence-corrected chi connectivity index (χ1v) is 10.1. The van der Waals surface area contributed by atoms with E-state index in [0.717, 1.165) is 5.56 Å². The number of aliphatic imine (C=N–C) groups is 1. The Hall–Kier alpha value is -3.14. The molecule has 1 aromatic rings. The summed E-state index contributed by atoms with van der Waals surface area (Å²) in [4.78, 5) is 41.0. The van der Waals surface area contributed by atoms with E-state index in [1.807, 2.05) is 6.07 Å². The molecule has 0 saturated heterocycles. The number of rotatable bonds is 11. The second-order valence-corrected chi connectivity index (χ2v) is 8.45. The van der Waals surface area contributed by atoms with Gasteiger partial charge in [0.15, 0.2) is 5.96 Å². The van der Waals surface area contributed by atoms with Gasteiger partial charge in [-0.15, -0.1) is 0 Å². The fourth-order valence-electron chi connectivity index (χ4n) is 2.88. The van der Waals surface area contributed by atoms with Crippen LogP contribution in [-0.4, -0.2) is 53.5 Å². The predicted molar refractivity (Wildman–Crippen MR) is 119 cm³/mol. The molecular formula is C21H34N6O4. The second kappa shape index (κ2) is 11.9. The van der Waals surface area contributed by atoms with Crippen LogP contribution in [0.3, 0.4) is 0 Å². The third-order valence-electron chi connectivity index (χ3n) is 4.62. The molecule has 0 spiro atoms. The molecule has 0 radical (unpaired) electrons. The Bertz CT molecular complexity index is 772. The van der Waals surface area contributed by atoms with Gasteiger partial charge in [0.25, 0.3) is 0 Å². The molecule has 0 aliphatic heterocycles. The van der Waals surface area contributed by atoms with Gasteiger partial charge in [-0.05, 0) is 23.8 Å². The summed E-state index contributed by atoms with van der Waals surface area (Å²) in [5.74, 6) is -2.29. The molecule has 0 saturated carbocycles. The summed E-state index contributed by atoms with van der Waals surface area (Å²) < 4.78 is 0. The SMILES string of the molecule is CC(C)(C)[C@H](NC(=O)[C@@H](N)CCCN=C(N)N)C(=O)N[C@@H](Cc1ccccc1)C(=O)O. The molecule has 1 aromatic carbocycles. The number of hydrogen-bond acceptors (Lipinski definition) is 5. The standard InChI is InChI=1S/C21H34N6O4/c1-21(2,3)16(27-17(28)14(22)10-7-11-25-20(23)24)18(29)26-15(19(30)31)12-13-8-5-4-6-9-13/h4-6,8-9,14-16H,7,10-12,22H2,1-3H3,(H,26,29)(H,27,28)(H,30,31)(H4,23,24,25)/t14-,15-,16+/m0/s1. The number of amides is 2. The van der Waals surface area contributed by atoms with Crippen LogP contribution >= 0.6 is 0 Å². The first-order valence-electron chi connectivity index (χ1n) is 10.1. The van der Waals surface area contributed by atoms with Crippen molar-refractivity contribution in [3.63, 3.8) is 0 Å². The van der Waals surface area contributed by atoms with Crippen LogP contribution in [0, 0.1) is 5.41 Å². The minimum Gasteiger partial charge on any atom is -0.480 e. The van der Waals surface area contributed by atoms with Gasteiger partial charge in [-0.25, -0.2) is 4.79 Å². The summed E-state index contributed by atoms with van der Waals surface area (Å²) in [5.41, 5.74) is 16.5. The van der Waals surface area contributed by atoms with E-state index in [-0.39, 0.29) is 12.4 Å². The van der Waals surface area contributed by atoms with E-state index in [1.54, 1.807) is 45.0 Å². The molecule has 1 rings (SSSR count). The quantitative estimate of drug-likeness (QED) is 0.157. The fourth-order valence-corrected chi connectivity index (χ4v) is 2.88. The number of carbonyl (C=O) groups is 3. The number of nitrogens with zero attached hydrogens (tertiary/aromatic N) is 1. The number of guanidine groups is 1. The van der Waals surface area contributed by atoms with Crippen LogP contribution in [0.15, 0.2) is 35.3 Å².